The summed E-state index contributed by atoms with van der Waals surface area (Å²) in [5.74, 6) is 7.47. The number of hydrogen-bond acceptors (Lipinski definition) is 9. The molecular weight excluding hydrogens is 380 g/mol. The molecule has 9 nitrogen and oxygen atoms in total. The van der Waals surface area contributed by atoms with Crippen molar-refractivity contribution in [2.24, 2.45) is 16.6 Å². The Morgan fingerprint density at radius 3 is 2.83 bits per heavy atom. The van der Waals surface area contributed by atoms with Crippen LogP contribution < -0.4 is 38.5 Å². The van der Waals surface area contributed by atoms with Crippen LogP contribution >= 0.6 is 0 Å². The number of nitrogens with two attached hydrogens (primary N) is 4. The number of pyridine rings is 1. The van der Waals surface area contributed by atoms with Crippen LogP contribution in [-0.2, 0) is 13.0 Å². The van der Waals surface area contributed by atoms with Crippen molar-refractivity contribution in [3.05, 3.63) is 52.7 Å². The molecule has 1 saturated heterocycles. The number of hydrogen-bond donors (Lipinski definition) is 6. The van der Waals surface area contributed by atoms with Gasteiger partial charge in [-0.1, -0.05) is 6.07 Å². The van der Waals surface area contributed by atoms with Crippen LogP contribution in [0.15, 0.2) is 41.0 Å². The summed E-state index contributed by atoms with van der Waals surface area (Å²) in [4.78, 5) is 8.63. The fourth-order valence-corrected chi connectivity index (χ4v) is 3.59. The molecule has 0 aliphatic carbocycles. The molecule has 1 fully saturated rings. The van der Waals surface area contributed by atoms with Gasteiger partial charge in [-0.2, -0.15) is 0 Å². The standard InChI is InChI=1S/C21H30N8O/c1-30-18-6-13(4-16(7-18)15-2-3-26-12-15)10-27-11-14(9-22)5-17-8-19(23)28-21(29-25)20(17)24/h4,6-9,11,15,26H,2-3,5,10,12,22,24-25H2,1H3,(H3,23,28,29). The van der Waals surface area contributed by atoms with E-state index >= 15 is 0 Å². The summed E-state index contributed by atoms with van der Waals surface area (Å²) in [7, 11) is 1.68. The van der Waals surface area contributed by atoms with Crippen LogP contribution in [0.2, 0.25) is 0 Å². The van der Waals surface area contributed by atoms with Crippen molar-refractivity contribution in [1.29, 1.82) is 0 Å². The van der Waals surface area contributed by atoms with Crippen LogP contribution in [0.25, 0.3) is 0 Å². The van der Waals surface area contributed by atoms with E-state index in [1.807, 2.05) is 6.07 Å². The van der Waals surface area contributed by atoms with Gasteiger partial charge in [-0.3, -0.25) is 4.99 Å². The van der Waals surface area contributed by atoms with Crippen LogP contribution in [0, 0.1) is 0 Å². The van der Waals surface area contributed by atoms with Gasteiger partial charge < -0.3 is 32.7 Å². The lowest BCUT2D eigenvalue weighted by Crippen LogP contribution is -2.14. The number of methoxy groups -OCH3 is 1. The highest BCUT2D eigenvalue weighted by Crippen LogP contribution is 2.28. The second-order valence-corrected chi connectivity index (χ2v) is 7.31. The summed E-state index contributed by atoms with van der Waals surface area (Å²) in [6.07, 6.45) is 4.86. The monoisotopic (exact) mass is 410 g/mol. The zero-order valence-corrected chi connectivity index (χ0v) is 17.2. The number of anilines is 3. The Hall–Kier alpha value is -3.30. The predicted octanol–water partition coefficient (Wildman–Crippen LogP) is 1.27. The van der Waals surface area contributed by atoms with Gasteiger partial charge in [0.1, 0.15) is 11.6 Å². The maximum atomic E-state index is 6.10. The zero-order chi connectivity index (χ0) is 21.5. The Kier molecular flexibility index (Phi) is 7.10. The van der Waals surface area contributed by atoms with E-state index in [9.17, 15) is 0 Å². The molecule has 10 N–H and O–H groups in total. The number of nitrogens with one attached hydrogen (secondary N) is 2. The Morgan fingerprint density at radius 1 is 1.33 bits per heavy atom. The molecule has 3 rings (SSSR count). The molecule has 1 unspecified atom stereocenters. The van der Waals surface area contributed by atoms with Crippen LogP contribution in [0.4, 0.5) is 17.3 Å². The first kappa shape index (κ1) is 21.4. The number of aromatic nitrogens is 1. The second kappa shape index (κ2) is 9.95. The molecule has 2 aromatic rings. The third kappa shape index (κ3) is 5.19. The summed E-state index contributed by atoms with van der Waals surface area (Å²) >= 11 is 0. The topological polar surface area (TPSA) is 163 Å². The van der Waals surface area contributed by atoms with Crippen molar-refractivity contribution in [2.75, 3.05) is 37.1 Å². The minimum atomic E-state index is 0.325. The van der Waals surface area contributed by atoms with Crippen molar-refractivity contribution >= 4 is 23.5 Å². The van der Waals surface area contributed by atoms with Gasteiger partial charge in [-0.25, -0.2) is 10.8 Å². The third-order valence-corrected chi connectivity index (χ3v) is 5.20. The Bertz CT molecular complexity index is 935. The zero-order valence-electron chi connectivity index (χ0n) is 17.2. The van der Waals surface area contributed by atoms with Crippen molar-refractivity contribution < 1.29 is 4.74 Å². The highest BCUT2D eigenvalue weighted by Gasteiger charge is 2.18. The fourth-order valence-electron chi connectivity index (χ4n) is 3.59. The minimum Gasteiger partial charge on any atom is -0.497 e. The first-order chi connectivity index (χ1) is 14.5. The van der Waals surface area contributed by atoms with Crippen molar-refractivity contribution in [3.63, 3.8) is 0 Å². The molecule has 1 aliphatic heterocycles. The van der Waals surface area contributed by atoms with Gasteiger partial charge in [-0.05, 0) is 65.5 Å². The van der Waals surface area contributed by atoms with Gasteiger partial charge in [-0.15, -0.1) is 0 Å². The number of nitrogens with zero attached hydrogens (tertiary/aromatic N) is 2. The molecule has 1 aromatic carbocycles. The molecule has 0 saturated carbocycles. The lowest BCUT2D eigenvalue weighted by Gasteiger charge is -2.13. The molecule has 1 aromatic heterocycles. The molecule has 0 bridgehead atoms. The summed E-state index contributed by atoms with van der Waals surface area (Å²) in [6, 6.07) is 8.02. The normalized spacial score (nSPS) is 16.9. The lowest BCUT2D eigenvalue weighted by molar-refractivity contribution is 0.413. The van der Waals surface area contributed by atoms with E-state index in [0.717, 1.165) is 42.0 Å². The summed E-state index contributed by atoms with van der Waals surface area (Å²) in [5, 5.41) is 3.41. The molecule has 1 atom stereocenters. The van der Waals surface area contributed by atoms with Crippen molar-refractivity contribution in [3.8, 4) is 5.75 Å². The summed E-state index contributed by atoms with van der Waals surface area (Å²) < 4.78 is 5.48. The highest BCUT2D eigenvalue weighted by molar-refractivity contribution is 5.80. The van der Waals surface area contributed by atoms with Gasteiger partial charge in [0.05, 0.1) is 19.3 Å². The van der Waals surface area contributed by atoms with E-state index in [1.165, 1.54) is 11.8 Å². The highest BCUT2D eigenvalue weighted by atomic mass is 16.5. The van der Waals surface area contributed by atoms with E-state index < -0.39 is 0 Å². The van der Waals surface area contributed by atoms with Crippen LogP contribution in [0.5, 0.6) is 5.75 Å². The average molecular weight is 411 g/mol. The molecule has 160 valence electrons. The largest absolute Gasteiger partial charge is 0.497 e. The molecule has 9 heteroatoms. The minimum absolute atomic E-state index is 0.325. The summed E-state index contributed by atoms with van der Waals surface area (Å²) in [5.41, 5.74) is 24.6. The molecule has 1 aliphatic rings. The fraction of sp³-hybridized carbons (Fsp3) is 0.333. The van der Waals surface area contributed by atoms with E-state index in [1.54, 1.807) is 19.4 Å². The van der Waals surface area contributed by atoms with Crippen LogP contribution in [-0.4, -0.2) is 31.4 Å². The number of benzene rings is 1. The molecule has 0 amide bonds. The number of nitrogen functional groups attached to an aromatic ring is 3. The SMILES string of the molecule is COc1cc(CN=CC(=CN)Cc2cc(N)nc(NN)c2N)cc(C2CCNC2)c1. The maximum Gasteiger partial charge on any atom is 0.165 e. The second-order valence-electron chi connectivity index (χ2n) is 7.31. The van der Waals surface area contributed by atoms with Crippen LogP contribution in [0.1, 0.15) is 29.0 Å². The van der Waals surface area contributed by atoms with Gasteiger partial charge in [0, 0.05) is 19.2 Å². The molecule has 0 spiro atoms. The smallest absolute Gasteiger partial charge is 0.165 e. The first-order valence-corrected chi connectivity index (χ1v) is 9.84. The van der Waals surface area contributed by atoms with E-state index in [2.05, 4.69) is 32.9 Å². The molecular formula is C21H30N8O. The maximum absolute atomic E-state index is 6.10. The number of hydrazine groups is 1. The van der Waals surface area contributed by atoms with E-state index in [0.29, 0.717) is 36.2 Å². The molecule has 0 radical (unpaired) electrons. The molecule has 2 heterocycles. The van der Waals surface area contributed by atoms with Gasteiger partial charge in [0.2, 0.25) is 0 Å². The van der Waals surface area contributed by atoms with Crippen molar-refractivity contribution in [1.82, 2.24) is 10.3 Å². The van der Waals surface area contributed by atoms with E-state index in [4.69, 9.17) is 27.8 Å². The molecule has 30 heavy (non-hydrogen) atoms. The predicted molar refractivity (Wildman–Crippen MR) is 122 cm³/mol. The number of aliphatic imine (C=N–C) groups is 1. The average Bonchev–Trinajstić information content (AvgIpc) is 3.30. The van der Waals surface area contributed by atoms with Crippen molar-refractivity contribution in [2.45, 2.75) is 25.3 Å². The number of rotatable bonds is 8. The number of allylic oxidation sites excluding steroid dienone is 1. The Morgan fingerprint density at radius 2 is 2.17 bits per heavy atom. The Labute approximate surface area is 176 Å². The summed E-state index contributed by atoms with van der Waals surface area (Å²) in [6.45, 7) is 2.56. The first-order valence-electron chi connectivity index (χ1n) is 9.84. The quantitative estimate of drug-likeness (QED) is 0.215. The lowest BCUT2D eigenvalue weighted by atomic mass is 9.96. The third-order valence-electron chi connectivity index (χ3n) is 5.20. The van der Waals surface area contributed by atoms with Gasteiger partial charge in [0.25, 0.3) is 0 Å². The van der Waals surface area contributed by atoms with Gasteiger partial charge >= 0.3 is 0 Å². The number of ether oxygens (including phenoxy) is 1. The van der Waals surface area contributed by atoms with Crippen LogP contribution in [0.3, 0.4) is 0 Å². The van der Waals surface area contributed by atoms with Gasteiger partial charge in [0.15, 0.2) is 5.82 Å². The van der Waals surface area contributed by atoms with E-state index in [-0.39, 0.29) is 0 Å². The Balaban J connectivity index is 1.72.